The van der Waals surface area contributed by atoms with Gasteiger partial charge in [0.25, 0.3) is 0 Å². The topological polar surface area (TPSA) is 77.2 Å². The molecule has 0 spiro atoms. The van der Waals surface area contributed by atoms with Crippen LogP contribution in [0.15, 0.2) is 42.7 Å². The first-order chi connectivity index (χ1) is 16.2. The molecule has 0 saturated carbocycles. The predicted octanol–water partition coefficient (Wildman–Crippen LogP) is 6.28. The normalized spacial score (nSPS) is 14.8. The zero-order valence-electron chi connectivity index (χ0n) is 20.0. The van der Waals surface area contributed by atoms with Crippen LogP contribution in [-0.2, 0) is 22.4 Å². The van der Waals surface area contributed by atoms with E-state index >= 15 is 0 Å². The van der Waals surface area contributed by atoms with Gasteiger partial charge in [0.05, 0.1) is 11.3 Å². The Morgan fingerprint density at radius 2 is 2.00 bits per heavy atom. The molecule has 176 valence electrons. The maximum Gasteiger partial charge on any atom is 0.337 e. The van der Waals surface area contributed by atoms with Gasteiger partial charge in [0.2, 0.25) is 0 Å². The molecule has 1 aromatic carbocycles. The second kappa shape index (κ2) is 8.64. The van der Waals surface area contributed by atoms with Crippen LogP contribution in [0.25, 0.3) is 27.0 Å². The van der Waals surface area contributed by atoms with Crippen molar-refractivity contribution >= 4 is 27.5 Å². The van der Waals surface area contributed by atoms with E-state index in [0.717, 1.165) is 46.3 Å². The molecule has 0 radical (unpaired) electrons. The van der Waals surface area contributed by atoms with E-state index in [1.165, 1.54) is 16.9 Å². The van der Waals surface area contributed by atoms with Crippen molar-refractivity contribution < 1.29 is 14.6 Å². The summed E-state index contributed by atoms with van der Waals surface area (Å²) in [4.78, 5) is 19.8. The maximum absolute atomic E-state index is 12.6. The summed E-state index contributed by atoms with van der Waals surface area (Å²) in [5.74, 6) is -1.01. The molecule has 1 N–H and O–H groups in total. The number of carbonyl (C=O) groups is 1. The highest BCUT2D eigenvalue weighted by molar-refractivity contribution is 7.19. The van der Waals surface area contributed by atoms with Crippen LogP contribution in [0.1, 0.15) is 61.4 Å². The summed E-state index contributed by atoms with van der Waals surface area (Å²) >= 11 is 1.75. The van der Waals surface area contributed by atoms with E-state index in [4.69, 9.17) is 9.72 Å². The molecule has 6 nitrogen and oxygen atoms in total. The van der Waals surface area contributed by atoms with E-state index in [1.807, 2.05) is 62.8 Å². The lowest BCUT2D eigenvalue weighted by atomic mass is 9.88. The van der Waals surface area contributed by atoms with Crippen LogP contribution in [0.2, 0.25) is 0 Å². The average Bonchev–Trinajstić information content (AvgIpc) is 3.44. The fourth-order valence-corrected chi connectivity index (χ4v) is 6.17. The molecule has 4 aromatic rings. The van der Waals surface area contributed by atoms with Crippen molar-refractivity contribution in [2.75, 3.05) is 0 Å². The van der Waals surface area contributed by atoms with Gasteiger partial charge in [-0.15, -0.1) is 11.3 Å². The number of aromatic nitrogens is 3. The summed E-state index contributed by atoms with van der Waals surface area (Å²) in [7, 11) is 0. The first-order valence-electron chi connectivity index (χ1n) is 11.7. The average molecular weight is 476 g/mol. The third kappa shape index (κ3) is 4.14. The number of rotatable bonds is 5. The van der Waals surface area contributed by atoms with E-state index in [9.17, 15) is 9.90 Å². The van der Waals surface area contributed by atoms with Crippen LogP contribution in [0.4, 0.5) is 0 Å². The van der Waals surface area contributed by atoms with Gasteiger partial charge in [0.1, 0.15) is 4.83 Å². The van der Waals surface area contributed by atoms with Crippen molar-refractivity contribution in [3.8, 4) is 16.8 Å². The van der Waals surface area contributed by atoms with Gasteiger partial charge in [-0.25, -0.2) is 14.5 Å². The number of fused-ring (bicyclic) bond motifs is 3. The van der Waals surface area contributed by atoms with Gasteiger partial charge in [-0.2, -0.15) is 5.10 Å². The number of aryl methyl sites for hydroxylation is 3. The van der Waals surface area contributed by atoms with Crippen molar-refractivity contribution in [1.29, 1.82) is 0 Å². The second-order valence-electron chi connectivity index (χ2n) is 9.83. The van der Waals surface area contributed by atoms with Crippen LogP contribution < -0.4 is 0 Å². The van der Waals surface area contributed by atoms with Crippen LogP contribution in [0, 0.1) is 6.92 Å². The lowest BCUT2D eigenvalue weighted by molar-refractivity contribution is -0.160. The number of carboxylic acids is 1. The van der Waals surface area contributed by atoms with Gasteiger partial charge < -0.3 is 9.84 Å². The van der Waals surface area contributed by atoms with Gasteiger partial charge >= 0.3 is 5.97 Å². The van der Waals surface area contributed by atoms with Gasteiger partial charge in [-0.3, -0.25) is 0 Å². The number of pyridine rings is 1. The highest BCUT2D eigenvalue weighted by atomic mass is 32.1. The zero-order valence-corrected chi connectivity index (χ0v) is 20.8. The lowest BCUT2D eigenvalue weighted by Crippen LogP contribution is -2.28. The van der Waals surface area contributed by atoms with E-state index < -0.39 is 17.7 Å². The minimum Gasteiger partial charge on any atom is -0.479 e. The molecule has 7 heteroatoms. The SMILES string of the molecule is Cc1nc2sc3c(c2c(-c2cccc(-n4cccn4)c2)c1[C@H](OC(C)(C)C)C(=O)O)CCCC3. The highest BCUT2D eigenvalue weighted by Gasteiger charge is 2.34. The molecule has 0 amide bonds. The Morgan fingerprint density at radius 1 is 1.21 bits per heavy atom. The van der Waals surface area contributed by atoms with E-state index in [-0.39, 0.29) is 0 Å². The molecule has 0 bridgehead atoms. The van der Waals surface area contributed by atoms with E-state index in [0.29, 0.717) is 11.3 Å². The number of nitrogens with zero attached hydrogens (tertiary/aromatic N) is 3. The highest BCUT2D eigenvalue weighted by Crippen LogP contribution is 2.46. The van der Waals surface area contributed by atoms with Crippen LogP contribution in [0.3, 0.4) is 0 Å². The Bertz CT molecular complexity index is 1370. The Balaban J connectivity index is 1.84. The third-order valence-electron chi connectivity index (χ3n) is 6.19. The Kier molecular flexibility index (Phi) is 5.78. The quantitative estimate of drug-likeness (QED) is 0.368. The smallest absolute Gasteiger partial charge is 0.337 e. The number of benzene rings is 1. The van der Waals surface area contributed by atoms with Crippen molar-refractivity contribution in [3.05, 3.63) is 64.4 Å². The number of hydrogen-bond donors (Lipinski definition) is 1. The molecule has 1 aliphatic rings. The largest absolute Gasteiger partial charge is 0.479 e. The molecule has 1 atom stereocenters. The van der Waals surface area contributed by atoms with Crippen LogP contribution in [0.5, 0.6) is 0 Å². The number of hydrogen-bond acceptors (Lipinski definition) is 5. The minimum absolute atomic E-state index is 0.632. The number of carboxylic acid groups (broad SMARTS) is 1. The second-order valence-corrected chi connectivity index (χ2v) is 10.9. The van der Waals surface area contributed by atoms with Crippen LogP contribution in [-0.4, -0.2) is 31.4 Å². The molecule has 1 aliphatic carbocycles. The first kappa shape index (κ1) is 22.7. The van der Waals surface area contributed by atoms with Crippen molar-refractivity contribution in [2.45, 2.75) is 65.1 Å². The van der Waals surface area contributed by atoms with Crippen LogP contribution >= 0.6 is 11.3 Å². The van der Waals surface area contributed by atoms with Crippen molar-refractivity contribution in [3.63, 3.8) is 0 Å². The standard InChI is InChI=1S/C27H29N3O3S/c1-16-21(24(26(31)32)33-27(2,3)4)22(17-9-7-10-18(15-17)30-14-8-13-28-30)23-19-11-5-6-12-20(19)34-25(23)29-16/h7-10,13-15,24H,5-6,11-12H2,1-4H3,(H,31,32)/t24-/m0/s1. The zero-order chi connectivity index (χ0) is 24.0. The van der Waals surface area contributed by atoms with Crippen molar-refractivity contribution in [2.24, 2.45) is 0 Å². The first-order valence-corrected chi connectivity index (χ1v) is 12.5. The fourth-order valence-electron chi connectivity index (χ4n) is 4.85. The van der Waals surface area contributed by atoms with E-state index in [2.05, 4.69) is 11.2 Å². The minimum atomic E-state index is -1.13. The molecule has 34 heavy (non-hydrogen) atoms. The molecule has 0 fully saturated rings. The summed E-state index contributed by atoms with van der Waals surface area (Å²) in [5, 5.41) is 15.8. The fraction of sp³-hybridized carbons (Fsp3) is 0.370. The monoisotopic (exact) mass is 475 g/mol. The Morgan fingerprint density at radius 3 is 2.71 bits per heavy atom. The summed E-state index contributed by atoms with van der Waals surface area (Å²) in [6.07, 6.45) is 6.89. The number of thiophene rings is 1. The van der Waals surface area contributed by atoms with Gasteiger partial charge in [0.15, 0.2) is 6.10 Å². The summed E-state index contributed by atoms with van der Waals surface area (Å²) in [6, 6.07) is 10.0. The van der Waals surface area contributed by atoms with E-state index in [1.54, 1.807) is 17.5 Å². The summed E-state index contributed by atoms with van der Waals surface area (Å²) in [6.45, 7) is 7.55. The summed E-state index contributed by atoms with van der Waals surface area (Å²) < 4.78 is 7.96. The lowest BCUT2D eigenvalue weighted by Gasteiger charge is -2.28. The Labute approximate surface area is 203 Å². The number of ether oxygens (including phenoxy) is 1. The van der Waals surface area contributed by atoms with Gasteiger partial charge in [0, 0.05) is 39.5 Å². The molecule has 0 unspecified atom stereocenters. The van der Waals surface area contributed by atoms with Gasteiger partial charge in [-0.1, -0.05) is 12.1 Å². The molecular formula is C27H29N3O3S. The number of aliphatic carboxylic acids is 1. The third-order valence-corrected chi connectivity index (χ3v) is 7.38. The Hall–Kier alpha value is -3.03. The molecule has 3 heterocycles. The predicted molar refractivity (Wildman–Crippen MR) is 135 cm³/mol. The molecule has 3 aromatic heterocycles. The van der Waals surface area contributed by atoms with Crippen molar-refractivity contribution in [1.82, 2.24) is 14.8 Å². The molecule has 0 aliphatic heterocycles. The molecule has 5 rings (SSSR count). The molecule has 0 saturated heterocycles. The summed E-state index contributed by atoms with van der Waals surface area (Å²) in [5.41, 5.74) is 4.82. The maximum atomic E-state index is 12.6. The molecular weight excluding hydrogens is 446 g/mol. The van der Waals surface area contributed by atoms with Gasteiger partial charge in [-0.05, 0) is 82.7 Å².